The van der Waals surface area contributed by atoms with Crippen LogP contribution in [-0.4, -0.2) is 13.2 Å². The van der Waals surface area contributed by atoms with Crippen LogP contribution in [0.4, 0.5) is 0 Å². The number of methoxy groups -OCH3 is 1. The molecule has 1 saturated heterocycles. The SMILES string of the molecule is COc1ccccc1[C@H]1CCC[C@H](C)N1. The lowest BCUT2D eigenvalue weighted by Gasteiger charge is -2.29. The summed E-state index contributed by atoms with van der Waals surface area (Å²) in [6.07, 6.45) is 3.80. The molecule has 2 nitrogen and oxygen atoms in total. The number of benzene rings is 1. The van der Waals surface area contributed by atoms with Crippen molar-refractivity contribution in [3.8, 4) is 5.75 Å². The van der Waals surface area contributed by atoms with Gasteiger partial charge in [-0.1, -0.05) is 24.6 Å². The summed E-state index contributed by atoms with van der Waals surface area (Å²) in [5.41, 5.74) is 1.30. The monoisotopic (exact) mass is 205 g/mol. The first-order chi connectivity index (χ1) is 7.31. The van der Waals surface area contributed by atoms with Crippen molar-refractivity contribution in [1.82, 2.24) is 5.32 Å². The lowest BCUT2D eigenvalue weighted by atomic mass is 9.93. The van der Waals surface area contributed by atoms with Crippen LogP contribution in [0.5, 0.6) is 5.75 Å². The fourth-order valence-corrected chi connectivity index (χ4v) is 2.34. The smallest absolute Gasteiger partial charge is 0.123 e. The molecule has 0 aliphatic carbocycles. The Morgan fingerprint density at radius 2 is 2.07 bits per heavy atom. The number of hydrogen-bond acceptors (Lipinski definition) is 2. The van der Waals surface area contributed by atoms with Crippen molar-refractivity contribution in [2.75, 3.05) is 7.11 Å². The van der Waals surface area contributed by atoms with Gasteiger partial charge in [-0.3, -0.25) is 0 Å². The maximum Gasteiger partial charge on any atom is 0.123 e. The van der Waals surface area contributed by atoms with Gasteiger partial charge in [0.05, 0.1) is 7.11 Å². The lowest BCUT2D eigenvalue weighted by molar-refractivity contribution is 0.328. The third kappa shape index (κ3) is 2.32. The molecule has 1 aromatic carbocycles. The first-order valence-electron chi connectivity index (χ1n) is 5.70. The number of rotatable bonds is 2. The number of para-hydroxylation sites is 1. The first-order valence-corrected chi connectivity index (χ1v) is 5.70. The summed E-state index contributed by atoms with van der Waals surface area (Å²) in [6, 6.07) is 9.39. The van der Waals surface area contributed by atoms with Gasteiger partial charge in [-0.05, 0) is 25.8 Å². The molecular formula is C13H19NO. The van der Waals surface area contributed by atoms with Crippen LogP contribution in [0.1, 0.15) is 37.8 Å². The third-order valence-electron chi connectivity index (χ3n) is 3.13. The summed E-state index contributed by atoms with van der Waals surface area (Å²) in [6.45, 7) is 2.25. The van der Waals surface area contributed by atoms with Crippen LogP contribution in [0.15, 0.2) is 24.3 Å². The second-order valence-corrected chi connectivity index (χ2v) is 4.29. The van der Waals surface area contributed by atoms with E-state index in [1.165, 1.54) is 24.8 Å². The quantitative estimate of drug-likeness (QED) is 0.801. The van der Waals surface area contributed by atoms with Gasteiger partial charge in [0, 0.05) is 17.6 Å². The largest absolute Gasteiger partial charge is 0.496 e. The molecule has 2 atom stereocenters. The Kier molecular flexibility index (Phi) is 3.27. The van der Waals surface area contributed by atoms with Crippen LogP contribution in [-0.2, 0) is 0 Å². The Hall–Kier alpha value is -1.02. The first kappa shape index (κ1) is 10.5. The standard InChI is InChI=1S/C13H19NO/c1-10-6-5-8-12(14-10)11-7-3-4-9-13(11)15-2/h3-4,7,9-10,12,14H,5-6,8H2,1-2H3/t10-,12+/m0/s1. The molecule has 0 saturated carbocycles. The van der Waals surface area contributed by atoms with E-state index in [9.17, 15) is 0 Å². The van der Waals surface area contributed by atoms with Gasteiger partial charge in [0.25, 0.3) is 0 Å². The highest BCUT2D eigenvalue weighted by atomic mass is 16.5. The number of nitrogens with one attached hydrogen (secondary N) is 1. The van der Waals surface area contributed by atoms with Crippen molar-refractivity contribution in [1.29, 1.82) is 0 Å². The molecule has 0 amide bonds. The Morgan fingerprint density at radius 1 is 1.27 bits per heavy atom. The van der Waals surface area contributed by atoms with Crippen molar-refractivity contribution in [3.63, 3.8) is 0 Å². The molecule has 1 heterocycles. The molecule has 2 heteroatoms. The van der Waals surface area contributed by atoms with Gasteiger partial charge in [-0.2, -0.15) is 0 Å². The topological polar surface area (TPSA) is 21.3 Å². The predicted molar refractivity (Wildman–Crippen MR) is 62.2 cm³/mol. The maximum atomic E-state index is 5.39. The zero-order valence-electron chi connectivity index (χ0n) is 9.49. The minimum absolute atomic E-state index is 0.463. The van der Waals surface area contributed by atoms with E-state index in [1.54, 1.807) is 7.11 Å². The van der Waals surface area contributed by atoms with Crippen LogP contribution >= 0.6 is 0 Å². The lowest BCUT2D eigenvalue weighted by Crippen LogP contribution is -2.34. The fraction of sp³-hybridized carbons (Fsp3) is 0.538. The molecule has 0 bridgehead atoms. The van der Waals surface area contributed by atoms with Crippen LogP contribution in [0.3, 0.4) is 0 Å². The van der Waals surface area contributed by atoms with Gasteiger partial charge in [0.15, 0.2) is 0 Å². The molecule has 1 aliphatic heterocycles. The highest BCUT2D eigenvalue weighted by Gasteiger charge is 2.21. The molecule has 1 aromatic rings. The van der Waals surface area contributed by atoms with Crippen molar-refractivity contribution in [2.24, 2.45) is 0 Å². The Bertz CT molecular complexity index is 324. The Morgan fingerprint density at radius 3 is 2.80 bits per heavy atom. The van der Waals surface area contributed by atoms with Crippen molar-refractivity contribution in [2.45, 2.75) is 38.3 Å². The molecular weight excluding hydrogens is 186 g/mol. The molecule has 15 heavy (non-hydrogen) atoms. The zero-order chi connectivity index (χ0) is 10.7. The third-order valence-corrected chi connectivity index (χ3v) is 3.13. The minimum Gasteiger partial charge on any atom is -0.496 e. The van der Waals surface area contributed by atoms with Gasteiger partial charge in [0.1, 0.15) is 5.75 Å². The molecule has 2 rings (SSSR count). The Labute approximate surface area is 91.6 Å². The summed E-state index contributed by atoms with van der Waals surface area (Å²) in [4.78, 5) is 0. The van der Waals surface area contributed by atoms with Crippen LogP contribution in [0.2, 0.25) is 0 Å². The number of hydrogen-bond donors (Lipinski definition) is 1. The second kappa shape index (κ2) is 4.67. The molecule has 0 aromatic heterocycles. The molecule has 1 N–H and O–H groups in total. The maximum absolute atomic E-state index is 5.39. The highest BCUT2D eigenvalue weighted by Crippen LogP contribution is 2.31. The predicted octanol–water partition coefficient (Wildman–Crippen LogP) is 2.90. The van der Waals surface area contributed by atoms with Gasteiger partial charge in [-0.15, -0.1) is 0 Å². The van der Waals surface area contributed by atoms with Gasteiger partial charge in [-0.25, -0.2) is 0 Å². The molecule has 1 fully saturated rings. The fourth-order valence-electron chi connectivity index (χ4n) is 2.34. The summed E-state index contributed by atoms with van der Waals surface area (Å²) >= 11 is 0. The minimum atomic E-state index is 0.463. The molecule has 82 valence electrons. The summed E-state index contributed by atoms with van der Waals surface area (Å²) < 4.78 is 5.39. The summed E-state index contributed by atoms with van der Waals surface area (Å²) in [5, 5.41) is 3.63. The van der Waals surface area contributed by atoms with Gasteiger partial charge < -0.3 is 10.1 Å². The van der Waals surface area contributed by atoms with Crippen molar-refractivity contribution >= 4 is 0 Å². The summed E-state index contributed by atoms with van der Waals surface area (Å²) in [5.74, 6) is 1.00. The van der Waals surface area contributed by atoms with E-state index in [0.29, 0.717) is 12.1 Å². The van der Waals surface area contributed by atoms with Crippen LogP contribution in [0.25, 0.3) is 0 Å². The van der Waals surface area contributed by atoms with E-state index in [-0.39, 0.29) is 0 Å². The van der Waals surface area contributed by atoms with E-state index in [1.807, 2.05) is 12.1 Å². The highest BCUT2D eigenvalue weighted by molar-refractivity contribution is 5.36. The van der Waals surface area contributed by atoms with Crippen molar-refractivity contribution < 1.29 is 4.74 Å². The molecule has 0 spiro atoms. The number of piperidine rings is 1. The van der Waals surface area contributed by atoms with E-state index in [4.69, 9.17) is 4.74 Å². The van der Waals surface area contributed by atoms with E-state index in [0.717, 1.165) is 5.75 Å². The average molecular weight is 205 g/mol. The van der Waals surface area contributed by atoms with E-state index in [2.05, 4.69) is 24.4 Å². The normalized spacial score (nSPS) is 26.3. The van der Waals surface area contributed by atoms with E-state index < -0.39 is 0 Å². The van der Waals surface area contributed by atoms with Crippen LogP contribution < -0.4 is 10.1 Å². The van der Waals surface area contributed by atoms with E-state index >= 15 is 0 Å². The Balaban J connectivity index is 2.20. The zero-order valence-corrected chi connectivity index (χ0v) is 9.49. The van der Waals surface area contributed by atoms with Gasteiger partial charge >= 0.3 is 0 Å². The summed E-state index contributed by atoms with van der Waals surface area (Å²) in [7, 11) is 1.74. The van der Waals surface area contributed by atoms with Gasteiger partial charge in [0.2, 0.25) is 0 Å². The molecule has 0 radical (unpaired) electrons. The number of ether oxygens (including phenoxy) is 1. The molecule has 1 aliphatic rings. The average Bonchev–Trinajstić information content (AvgIpc) is 2.29. The van der Waals surface area contributed by atoms with Crippen molar-refractivity contribution in [3.05, 3.63) is 29.8 Å². The van der Waals surface area contributed by atoms with Crippen LogP contribution in [0, 0.1) is 0 Å². The molecule has 0 unspecified atom stereocenters. The second-order valence-electron chi connectivity index (χ2n) is 4.29.